The Morgan fingerprint density at radius 2 is 1.84 bits per heavy atom. The molecule has 2 N–H and O–H groups in total. The highest BCUT2D eigenvalue weighted by atomic mass is 32.2. The van der Waals surface area contributed by atoms with Gasteiger partial charge in [-0.3, -0.25) is 9.59 Å². The highest BCUT2D eigenvalue weighted by molar-refractivity contribution is 8.00. The van der Waals surface area contributed by atoms with E-state index in [0.29, 0.717) is 21.4 Å². The van der Waals surface area contributed by atoms with Crippen LogP contribution in [0, 0.1) is 5.82 Å². The first kappa shape index (κ1) is 22.2. The van der Waals surface area contributed by atoms with Gasteiger partial charge in [0.05, 0.1) is 15.8 Å². The van der Waals surface area contributed by atoms with E-state index in [9.17, 15) is 14.0 Å². The first-order chi connectivity index (χ1) is 15.5. The lowest BCUT2D eigenvalue weighted by atomic mass is 10.2. The van der Waals surface area contributed by atoms with Crippen molar-refractivity contribution in [1.29, 1.82) is 0 Å². The van der Waals surface area contributed by atoms with E-state index in [1.54, 1.807) is 18.2 Å². The summed E-state index contributed by atoms with van der Waals surface area (Å²) in [5.41, 5.74) is 2.14. The van der Waals surface area contributed by atoms with Crippen molar-refractivity contribution in [3.8, 4) is 11.3 Å². The van der Waals surface area contributed by atoms with Crippen LogP contribution in [0.4, 0.5) is 15.2 Å². The number of carbonyl (C=O) groups is 2. The van der Waals surface area contributed by atoms with Crippen LogP contribution in [0.15, 0.2) is 76.3 Å². The molecule has 5 nitrogen and oxygen atoms in total. The maximum Gasteiger partial charge on any atom is 0.265 e. The average Bonchev–Trinajstić information content (AvgIpc) is 3.47. The molecule has 0 bridgehead atoms. The Morgan fingerprint density at radius 3 is 2.59 bits per heavy atom. The van der Waals surface area contributed by atoms with E-state index in [1.807, 2.05) is 48.0 Å². The summed E-state index contributed by atoms with van der Waals surface area (Å²) in [4.78, 5) is 30.8. The zero-order valence-corrected chi connectivity index (χ0v) is 19.3. The Kier molecular flexibility index (Phi) is 6.99. The standard InChI is InChI=1S/C23H18FN3O2S3/c1-14(21(28)27-23-26-19(13-31-23)15-7-9-16(24)10-8-15)32-18-5-2-4-17(12-18)25-22(29)20-6-3-11-30-20/h2-14H,1H3,(H,25,29)(H,26,27,28). The SMILES string of the molecule is CC(Sc1cccc(NC(=O)c2cccs2)c1)C(=O)Nc1nc(-c2ccc(F)cc2)cs1. The number of carbonyl (C=O) groups excluding carboxylic acids is 2. The minimum Gasteiger partial charge on any atom is -0.321 e. The molecule has 1 unspecified atom stereocenters. The van der Waals surface area contributed by atoms with Gasteiger partial charge < -0.3 is 10.6 Å². The lowest BCUT2D eigenvalue weighted by Crippen LogP contribution is -2.22. The van der Waals surface area contributed by atoms with Gasteiger partial charge in [-0.2, -0.15) is 0 Å². The molecule has 0 radical (unpaired) electrons. The van der Waals surface area contributed by atoms with Crippen LogP contribution in [0.5, 0.6) is 0 Å². The molecule has 0 aliphatic carbocycles. The lowest BCUT2D eigenvalue weighted by molar-refractivity contribution is -0.115. The van der Waals surface area contributed by atoms with Gasteiger partial charge >= 0.3 is 0 Å². The Bertz CT molecular complexity index is 1220. The molecule has 9 heteroatoms. The second kappa shape index (κ2) is 10.1. The molecule has 2 aromatic heterocycles. The van der Waals surface area contributed by atoms with E-state index in [0.717, 1.165) is 10.5 Å². The first-order valence-corrected chi connectivity index (χ1v) is 12.3. The van der Waals surface area contributed by atoms with Gasteiger partial charge in [0.15, 0.2) is 5.13 Å². The van der Waals surface area contributed by atoms with Gasteiger partial charge in [-0.05, 0) is 60.8 Å². The number of aromatic nitrogens is 1. The van der Waals surface area contributed by atoms with Crippen LogP contribution < -0.4 is 10.6 Å². The fourth-order valence-corrected chi connectivity index (χ4v) is 5.06. The number of thiophene rings is 1. The quantitative estimate of drug-likeness (QED) is 0.299. The van der Waals surface area contributed by atoms with E-state index < -0.39 is 0 Å². The Balaban J connectivity index is 1.36. The van der Waals surface area contributed by atoms with Crippen molar-refractivity contribution < 1.29 is 14.0 Å². The van der Waals surface area contributed by atoms with Crippen LogP contribution in [0.1, 0.15) is 16.6 Å². The summed E-state index contributed by atoms with van der Waals surface area (Å²) in [6.45, 7) is 1.81. The van der Waals surface area contributed by atoms with Crippen LogP contribution in [0.2, 0.25) is 0 Å². The average molecular weight is 484 g/mol. The normalized spacial score (nSPS) is 11.7. The highest BCUT2D eigenvalue weighted by Crippen LogP contribution is 2.29. The maximum atomic E-state index is 13.1. The van der Waals surface area contributed by atoms with Crippen LogP contribution >= 0.6 is 34.4 Å². The van der Waals surface area contributed by atoms with Gasteiger partial charge in [0.25, 0.3) is 5.91 Å². The third kappa shape index (κ3) is 5.61. The molecule has 2 heterocycles. The highest BCUT2D eigenvalue weighted by Gasteiger charge is 2.17. The van der Waals surface area contributed by atoms with Gasteiger partial charge in [-0.15, -0.1) is 34.4 Å². The number of hydrogen-bond donors (Lipinski definition) is 2. The number of nitrogens with zero attached hydrogens (tertiary/aromatic N) is 1. The van der Waals surface area contributed by atoms with Crippen LogP contribution in [-0.2, 0) is 4.79 Å². The number of thioether (sulfide) groups is 1. The van der Waals surface area contributed by atoms with Gasteiger partial charge in [0.1, 0.15) is 5.82 Å². The molecule has 32 heavy (non-hydrogen) atoms. The summed E-state index contributed by atoms with van der Waals surface area (Å²) < 4.78 is 13.1. The van der Waals surface area contributed by atoms with E-state index in [2.05, 4.69) is 15.6 Å². The molecule has 4 aromatic rings. The molecule has 0 spiro atoms. The van der Waals surface area contributed by atoms with E-state index in [1.165, 1.54) is 46.6 Å². The maximum absolute atomic E-state index is 13.1. The second-order valence-corrected chi connectivity index (χ2v) is 9.97. The second-order valence-electron chi connectivity index (χ2n) is 6.75. The molecular formula is C23H18FN3O2S3. The number of rotatable bonds is 7. The number of thiazole rings is 1. The van der Waals surface area contributed by atoms with Crippen molar-refractivity contribution in [1.82, 2.24) is 4.98 Å². The zero-order valence-electron chi connectivity index (χ0n) is 16.9. The molecule has 162 valence electrons. The first-order valence-electron chi connectivity index (χ1n) is 9.62. The molecule has 2 aromatic carbocycles. The molecule has 0 aliphatic heterocycles. The number of hydrogen-bond acceptors (Lipinski definition) is 6. The van der Waals surface area contributed by atoms with E-state index in [4.69, 9.17) is 0 Å². The van der Waals surface area contributed by atoms with Gasteiger partial charge in [0.2, 0.25) is 5.91 Å². The lowest BCUT2D eigenvalue weighted by Gasteiger charge is -2.12. The minimum atomic E-state index is -0.378. The Morgan fingerprint density at radius 1 is 1.03 bits per heavy atom. The van der Waals surface area contributed by atoms with E-state index >= 15 is 0 Å². The van der Waals surface area contributed by atoms with Crippen LogP contribution in [0.3, 0.4) is 0 Å². The molecule has 0 aliphatic rings. The van der Waals surface area contributed by atoms with Crippen molar-refractivity contribution in [2.24, 2.45) is 0 Å². The summed E-state index contributed by atoms with van der Waals surface area (Å²) in [6, 6.07) is 17.0. The predicted molar refractivity (Wildman–Crippen MR) is 130 cm³/mol. The predicted octanol–water partition coefficient (Wildman–Crippen LogP) is 6.38. The number of benzene rings is 2. The molecule has 2 amide bonds. The fraction of sp³-hybridized carbons (Fsp3) is 0.0870. The topological polar surface area (TPSA) is 71.1 Å². The Hall–Kier alpha value is -3.01. The van der Waals surface area contributed by atoms with Gasteiger partial charge in [-0.25, -0.2) is 9.37 Å². The van der Waals surface area contributed by atoms with Crippen molar-refractivity contribution in [3.63, 3.8) is 0 Å². The molecule has 1 atom stereocenters. The third-order valence-electron chi connectivity index (χ3n) is 4.39. The number of nitrogens with one attached hydrogen (secondary N) is 2. The molecule has 0 saturated heterocycles. The van der Waals surface area contributed by atoms with Crippen molar-refractivity contribution in [2.75, 3.05) is 10.6 Å². The van der Waals surface area contributed by atoms with Gasteiger partial charge in [-0.1, -0.05) is 12.1 Å². The smallest absolute Gasteiger partial charge is 0.265 e. The third-order valence-corrected chi connectivity index (χ3v) is 7.11. The minimum absolute atomic E-state index is 0.159. The molecule has 4 rings (SSSR count). The van der Waals surface area contributed by atoms with E-state index in [-0.39, 0.29) is 22.9 Å². The summed E-state index contributed by atoms with van der Waals surface area (Å²) >= 11 is 4.08. The monoisotopic (exact) mass is 483 g/mol. The molecule has 0 fully saturated rings. The largest absolute Gasteiger partial charge is 0.321 e. The van der Waals surface area contributed by atoms with Crippen molar-refractivity contribution >= 4 is 57.1 Å². The van der Waals surface area contributed by atoms with Gasteiger partial charge in [0, 0.05) is 21.5 Å². The Labute approximate surface area is 196 Å². The zero-order chi connectivity index (χ0) is 22.5. The summed E-state index contributed by atoms with van der Waals surface area (Å²) in [7, 11) is 0. The van der Waals surface area contributed by atoms with Crippen LogP contribution in [-0.4, -0.2) is 22.0 Å². The molecule has 0 saturated carbocycles. The summed E-state index contributed by atoms with van der Waals surface area (Å²) in [6.07, 6.45) is 0. The number of amides is 2. The van der Waals surface area contributed by atoms with Crippen LogP contribution in [0.25, 0.3) is 11.3 Å². The molecular weight excluding hydrogens is 465 g/mol. The summed E-state index contributed by atoms with van der Waals surface area (Å²) in [5.74, 6) is -0.643. The number of halogens is 1. The number of anilines is 2. The fourth-order valence-electron chi connectivity index (χ4n) is 2.80. The van der Waals surface area contributed by atoms with Crippen molar-refractivity contribution in [2.45, 2.75) is 17.1 Å². The van der Waals surface area contributed by atoms with Crippen molar-refractivity contribution in [3.05, 3.63) is 82.1 Å². The summed E-state index contributed by atoms with van der Waals surface area (Å²) in [5, 5.41) is 9.49.